The number of aryl methyl sites for hydroxylation is 1. The molecular formula is C9H14INO2. The lowest BCUT2D eigenvalue weighted by Crippen LogP contribution is -2.06. The Balaban J connectivity index is 0.000000252. The van der Waals surface area contributed by atoms with Gasteiger partial charge in [0.2, 0.25) is 0 Å². The van der Waals surface area contributed by atoms with Crippen LogP contribution in [0.4, 0.5) is 0 Å². The number of hydrogen-bond donors (Lipinski definition) is 1. The van der Waals surface area contributed by atoms with Crippen LogP contribution in [-0.4, -0.2) is 23.1 Å². The molecule has 0 spiro atoms. The van der Waals surface area contributed by atoms with Crippen molar-refractivity contribution in [2.45, 2.75) is 6.92 Å². The van der Waals surface area contributed by atoms with Crippen LogP contribution in [0.1, 0.15) is 5.56 Å². The first kappa shape index (κ1) is 12.6. The van der Waals surface area contributed by atoms with Gasteiger partial charge in [-0.15, -0.1) is 0 Å². The molecule has 1 N–H and O–H groups in total. The standard InChI is InChI=1S/C6H7NO.C3H7IO/c1-5-3-2-4-7-6(5)8;1-5-3-2-4/h2-4H,1H3,(H,7,8);2-3H2,1H3. The highest BCUT2D eigenvalue weighted by molar-refractivity contribution is 14.1. The summed E-state index contributed by atoms with van der Waals surface area (Å²) in [6, 6.07) is 3.58. The minimum atomic E-state index is -0.00694. The van der Waals surface area contributed by atoms with Crippen molar-refractivity contribution < 1.29 is 4.74 Å². The van der Waals surface area contributed by atoms with Crippen LogP contribution in [0.25, 0.3) is 0 Å². The average Bonchev–Trinajstić information content (AvgIpc) is 2.13. The number of pyridine rings is 1. The van der Waals surface area contributed by atoms with Crippen LogP contribution in [0.15, 0.2) is 23.1 Å². The minimum Gasteiger partial charge on any atom is -0.384 e. The van der Waals surface area contributed by atoms with Gasteiger partial charge in [-0.3, -0.25) is 4.79 Å². The number of alkyl halides is 1. The molecule has 0 amide bonds. The van der Waals surface area contributed by atoms with Crippen molar-refractivity contribution in [3.63, 3.8) is 0 Å². The topological polar surface area (TPSA) is 42.1 Å². The molecule has 0 aliphatic carbocycles. The molecule has 0 fully saturated rings. The average molecular weight is 295 g/mol. The van der Waals surface area contributed by atoms with Crippen molar-refractivity contribution in [1.29, 1.82) is 0 Å². The fourth-order valence-electron chi connectivity index (χ4n) is 0.583. The van der Waals surface area contributed by atoms with Crippen LogP contribution in [0.3, 0.4) is 0 Å². The van der Waals surface area contributed by atoms with E-state index in [1.54, 1.807) is 32.4 Å². The summed E-state index contributed by atoms with van der Waals surface area (Å²) in [6.45, 7) is 2.65. The third-order valence-electron chi connectivity index (χ3n) is 1.30. The van der Waals surface area contributed by atoms with Gasteiger partial charge in [-0.1, -0.05) is 28.7 Å². The van der Waals surface area contributed by atoms with E-state index < -0.39 is 0 Å². The summed E-state index contributed by atoms with van der Waals surface area (Å²) in [5, 5.41) is 0. The summed E-state index contributed by atoms with van der Waals surface area (Å²) in [4.78, 5) is 13.1. The van der Waals surface area contributed by atoms with Gasteiger partial charge >= 0.3 is 0 Å². The molecule has 0 bridgehead atoms. The number of aromatic nitrogens is 1. The zero-order chi connectivity index (χ0) is 10.1. The maximum absolute atomic E-state index is 10.6. The van der Waals surface area contributed by atoms with E-state index in [0.29, 0.717) is 0 Å². The summed E-state index contributed by atoms with van der Waals surface area (Å²) < 4.78 is 5.78. The van der Waals surface area contributed by atoms with Crippen molar-refractivity contribution in [2.75, 3.05) is 18.1 Å². The first-order valence-electron chi connectivity index (χ1n) is 3.91. The molecule has 0 radical (unpaired) electrons. The Morgan fingerprint density at radius 3 is 2.54 bits per heavy atom. The largest absolute Gasteiger partial charge is 0.384 e. The van der Waals surface area contributed by atoms with E-state index in [1.165, 1.54) is 0 Å². The van der Waals surface area contributed by atoms with E-state index >= 15 is 0 Å². The Morgan fingerprint density at radius 2 is 2.31 bits per heavy atom. The van der Waals surface area contributed by atoms with Gasteiger partial charge in [0.25, 0.3) is 5.56 Å². The molecule has 0 aliphatic heterocycles. The number of rotatable bonds is 2. The molecule has 74 valence electrons. The van der Waals surface area contributed by atoms with E-state index in [1.807, 2.05) is 0 Å². The molecule has 4 heteroatoms. The Bertz CT molecular complexity index is 270. The van der Waals surface area contributed by atoms with E-state index in [4.69, 9.17) is 0 Å². The van der Waals surface area contributed by atoms with Crippen molar-refractivity contribution in [3.05, 3.63) is 34.2 Å². The van der Waals surface area contributed by atoms with Crippen LogP contribution < -0.4 is 5.56 Å². The van der Waals surface area contributed by atoms with Gasteiger partial charge in [-0.05, 0) is 13.0 Å². The smallest absolute Gasteiger partial charge is 0.250 e. The zero-order valence-electron chi connectivity index (χ0n) is 7.84. The number of hydrogen-bond acceptors (Lipinski definition) is 2. The normalized spacial score (nSPS) is 8.85. The van der Waals surface area contributed by atoms with Crippen LogP contribution in [0.2, 0.25) is 0 Å². The maximum Gasteiger partial charge on any atom is 0.250 e. The number of methoxy groups -OCH3 is 1. The highest BCUT2D eigenvalue weighted by Crippen LogP contribution is 1.81. The lowest BCUT2D eigenvalue weighted by Gasteiger charge is -1.83. The van der Waals surface area contributed by atoms with E-state index in [0.717, 1.165) is 16.6 Å². The Kier molecular flexibility index (Phi) is 8.02. The Hall–Kier alpha value is -0.360. The van der Waals surface area contributed by atoms with Crippen LogP contribution >= 0.6 is 22.6 Å². The fraction of sp³-hybridized carbons (Fsp3) is 0.444. The molecule has 0 aliphatic rings. The number of halogens is 1. The van der Waals surface area contributed by atoms with Crippen molar-refractivity contribution in [2.24, 2.45) is 0 Å². The fourth-order valence-corrected chi connectivity index (χ4v) is 1.02. The quantitative estimate of drug-likeness (QED) is 0.667. The second kappa shape index (κ2) is 8.25. The maximum atomic E-state index is 10.6. The molecule has 1 aromatic rings. The Morgan fingerprint density at radius 1 is 1.62 bits per heavy atom. The molecule has 0 atom stereocenters. The molecule has 0 saturated heterocycles. The lowest BCUT2D eigenvalue weighted by atomic mass is 10.3. The van der Waals surface area contributed by atoms with Gasteiger partial charge in [0.05, 0.1) is 6.61 Å². The third kappa shape index (κ3) is 6.77. The number of H-pyrrole nitrogens is 1. The molecule has 13 heavy (non-hydrogen) atoms. The first-order chi connectivity index (χ1) is 6.22. The molecule has 3 nitrogen and oxygen atoms in total. The van der Waals surface area contributed by atoms with Gasteiger partial charge in [0, 0.05) is 23.3 Å². The lowest BCUT2D eigenvalue weighted by molar-refractivity contribution is 0.220. The minimum absolute atomic E-state index is 0.00694. The van der Waals surface area contributed by atoms with Crippen LogP contribution in [-0.2, 0) is 4.74 Å². The van der Waals surface area contributed by atoms with Crippen molar-refractivity contribution in [1.82, 2.24) is 4.98 Å². The van der Waals surface area contributed by atoms with E-state index in [-0.39, 0.29) is 5.56 Å². The number of aromatic amines is 1. The Labute approximate surface area is 91.7 Å². The zero-order valence-corrected chi connectivity index (χ0v) is 10.00. The summed E-state index contributed by atoms with van der Waals surface area (Å²) in [7, 11) is 1.71. The molecule has 0 saturated carbocycles. The molecule has 1 rings (SSSR count). The van der Waals surface area contributed by atoms with Gasteiger partial charge in [-0.2, -0.15) is 0 Å². The van der Waals surface area contributed by atoms with E-state index in [9.17, 15) is 4.79 Å². The molecular weight excluding hydrogens is 281 g/mol. The van der Waals surface area contributed by atoms with Gasteiger partial charge in [-0.25, -0.2) is 0 Å². The molecule has 1 aromatic heterocycles. The van der Waals surface area contributed by atoms with Crippen molar-refractivity contribution in [3.8, 4) is 0 Å². The predicted molar refractivity (Wildman–Crippen MR) is 62.6 cm³/mol. The highest BCUT2D eigenvalue weighted by Gasteiger charge is 1.83. The molecule has 1 heterocycles. The predicted octanol–water partition coefficient (Wildman–Crippen LogP) is 1.75. The van der Waals surface area contributed by atoms with Gasteiger partial charge in [0.15, 0.2) is 0 Å². The SMILES string of the molecule is COCCI.Cc1ccc[nH]c1=O. The second-order valence-electron chi connectivity index (χ2n) is 2.36. The molecule has 0 aromatic carbocycles. The van der Waals surface area contributed by atoms with Gasteiger partial charge in [0.1, 0.15) is 0 Å². The first-order valence-corrected chi connectivity index (χ1v) is 5.44. The summed E-state index contributed by atoms with van der Waals surface area (Å²) in [5.41, 5.74) is 0.750. The second-order valence-corrected chi connectivity index (χ2v) is 3.44. The summed E-state index contributed by atoms with van der Waals surface area (Å²) >= 11 is 2.26. The van der Waals surface area contributed by atoms with E-state index in [2.05, 4.69) is 32.3 Å². The van der Waals surface area contributed by atoms with Crippen LogP contribution in [0, 0.1) is 6.92 Å². The summed E-state index contributed by atoms with van der Waals surface area (Å²) in [6.07, 6.45) is 1.62. The molecule has 0 unspecified atom stereocenters. The van der Waals surface area contributed by atoms with Crippen LogP contribution in [0.5, 0.6) is 0 Å². The van der Waals surface area contributed by atoms with Crippen molar-refractivity contribution >= 4 is 22.6 Å². The number of ether oxygens (including phenoxy) is 1. The monoisotopic (exact) mass is 295 g/mol. The number of nitrogens with one attached hydrogen (secondary N) is 1. The highest BCUT2D eigenvalue weighted by atomic mass is 127. The van der Waals surface area contributed by atoms with Gasteiger partial charge < -0.3 is 9.72 Å². The summed E-state index contributed by atoms with van der Waals surface area (Å²) in [5.74, 6) is 0. The third-order valence-corrected chi connectivity index (χ3v) is 1.74.